The summed E-state index contributed by atoms with van der Waals surface area (Å²) in [6.45, 7) is 3.87. The molecule has 0 aliphatic heterocycles. The monoisotopic (exact) mass is 426 g/mol. The molecule has 2 aromatic rings. The zero-order valence-corrected chi connectivity index (χ0v) is 18.2. The maximum Gasteiger partial charge on any atom is 0.408 e. The Morgan fingerprint density at radius 1 is 0.903 bits per heavy atom. The zero-order valence-electron chi connectivity index (χ0n) is 18.2. The molecule has 166 valence electrons. The summed E-state index contributed by atoms with van der Waals surface area (Å²) >= 11 is 0. The van der Waals surface area contributed by atoms with Crippen molar-refractivity contribution < 1.29 is 23.9 Å². The number of rotatable bonds is 10. The Labute approximate surface area is 183 Å². The number of amides is 2. The molecule has 2 amide bonds. The van der Waals surface area contributed by atoms with E-state index in [2.05, 4.69) is 10.6 Å². The Bertz CT molecular complexity index is 842. The van der Waals surface area contributed by atoms with Crippen molar-refractivity contribution in [1.29, 1.82) is 0 Å². The summed E-state index contributed by atoms with van der Waals surface area (Å²) in [6, 6.07) is 16.9. The third kappa shape index (κ3) is 7.77. The molecule has 7 nitrogen and oxygen atoms in total. The van der Waals surface area contributed by atoms with E-state index in [4.69, 9.17) is 9.47 Å². The fraction of sp³-hybridized carbons (Fsp3) is 0.375. The van der Waals surface area contributed by atoms with Crippen molar-refractivity contribution in [3.63, 3.8) is 0 Å². The quantitative estimate of drug-likeness (QED) is 0.569. The largest absolute Gasteiger partial charge is 0.467 e. The van der Waals surface area contributed by atoms with Gasteiger partial charge >= 0.3 is 12.1 Å². The van der Waals surface area contributed by atoms with Crippen LogP contribution in [-0.2, 0) is 32.1 Å². The van der Waals surface area contributed by atoms with Gasteiger partial charge in [0.1, 0.15) is 18.7 Å². The van der Waals surface area contributed by atoms with Crippen LogP contribution in [0.3, 0.4) is 0 Å². The van der Waals surface area contributed by atoms with Crippen LogP contribution < -0.4 is 10.6 Å². The van der Waals surface area contributed by atoms with E-state index >= 15 is 0 Å². The molecule has 0 aliphatic carbocycles. The molecule has 0 aliphatic rings. The minimum Gasteiger partial charge on any atom is -0.467 e. The molecular weight excluding hydrogens is 396 g/mol. The van der Waals surface area contributed by atoms with Crippen LogP contribution in [0.5, 0.6) is 0 Å². The second kappa shape index (κ2) is 12.4. The lowest BCUT2D eigenvalue weighted by Gasteiger charge is -2.25. The number of benzene rings is 2. The van der Waals surface area contributed by atoms with Crippen LogP contribution >= 0.6 is 0 Å². The highest BCUT2D eigenvalue weighted by Crippen LogP contribution is 2.11. The van der Waals surface area contributed by atoms with Gasteiger partial charge in [-0.25, -0.2) is 9.59 Å². The van der Waals surface area contributed by atoms with Crippen molar-refractivity contribution in [1.82, 2.24) is 10.6 Å². The first-order valence-electron chi connectivity index (χ1n) is 10.3. The van der Waals surface area contributed by atoms with Gasteiger partial charge in [-0.3, -0.25) is 4.79 Å². The molecule has 0 saturated carbocycles. The van der Waals surface area contributed by atoms with Gasteiger partial charge in [-0.1, -0.05) is 80.9 Å². The minimum atomic E-state index is -0.915. The highest BCUT2D eigenvalue weighted by atomic mass is 16.5. The third-order valence-electron chi connectivity index (χ3n) is 5.07. The lowest BCUT2D eigenvalue weighted by molar-refractivity contribution is -0.146. The maximum atomic E-state index is 13.0. The zero-order chi connectivity index (χ0) is 22.6. The van der Waals surface area contributed by atoms with E-state index in [1.165, 1.54) is 7.11 Å². The third-order valence-corrected chi connectivity index (χ3v) is 5.07. The van der Waals surface area contributed by atoms with Crippen molar-refractivity contribution in [3.05, 3.63) is 71.8 Å². The SMILES string of the molecule is CC[C@H](C)[C@@H](NC(=O)[C@H](Cc1ccccc1)NC(=O)OCc1ccccc1)C(=O)OC. The van der Waals surface area contributed by atoms with E-state index in [1.807, 2.05) is 74.5 Å². The summed E-state index contributed by atoms with van der Waals surface area (Å²) in [5, 5.41) is 5.36. The number of hydrogen-bond acceptors (Lipinski definition) is 5. The van der Waals surface area contributed by atoms with Gasteiger partial charge in [-0.15, -0.1) is 0 Å². The predicted molar refractivity (Wildman–Crippen MR) is 117 cm³/mol. The summed E-state index contributed by atoms with van der Waals surface area (Å²) in [7, 11) is 1.28. The van der Waals surface area contributed by atoms with Gasteiger partial charge < -0.3 is 20.1 Å². The van der Waals surface area contributed by atoms with Gasteiger partial charge in [0.2, 0.25) is 5.91 Å². The summed E-state index contributed by atoms with van der Waals surface area (Å²) in [5.74, 6) is -1.12. The molecule has 0 aromatic heterocycles. The van der Waals surface area contributed by atoms with Crippen LogP contribution in [0.1, 0.15) is 31.4 Å². The van der Waals surface area contributed by atoms with Gasteiger partial charge in [-0.05, 0) is 17.0 Å². The summed E-state index contributed by atoms with van der Waals surface area (Å²) in [6.07, 6.45) is 0.218. The van der Waals surface area contributed by atoms with E-state index in [-0.39, 0.29) is 18.9 Å². The molecule has 0 fully saturated rings. The van der Waals surface area contributed by atoms with E-state index in [9.17, 15) is 14.4 Å². The molecule has 0 saturated heterocycles. The van der Waals surface area contributed by atoms with Crippen molar-refractivity contribution >= 4 is 18.0 Å². The molecule has 7 heteroatoms. The van der Waals surface area contributed by atoms with Gasteiger partial charge in [0.25, 0.3) is 0 Å². The Morgan fingerprint density at radius 2 is 1.48 bits per heavy atom. The number of methoxy groups -OCH3 is 1. The highest BCUT2D eigenvalue weighted by Gasteiger charge is 2.30. The molecule has 3 atom stereocenters. The number of hydrogen-bond donors (Lipinski definition) is 2. The first kappa shape index (κ1) is 23.9. The summed E-state index contributed by atoms with van der Waals surface area (Å²) < 4.78 is 10.1. The molecule has 2 rings (SSSR count). The van der Waals surface area contributed by atoms with Crippen LogP contribution in [0, 0.1) is 5.92 Å². The van der Waals surface area contributed by atoms with Crippen molar-refractivity contribution in [2.45, 2.75) is 45.4 Å². The van der Waals surface area contributed by atoms with Gasteiger partial charge in [0.15, 0.2) is 0 Å². The second-order valence-corrected chi connectivity index (χ2v) is 7.34. The van der Waals surface area contributed by atoms with E-state index in [1.54, 1.807) is 0 Å². The first-order valence-corrected chi connectivity index (χ1v) is 10.3. The van der Waals surface area contributed by atoms with Crippen LogP contribution in [0.2, 0.25) is 0 Å². The Hall–Kier alpha value is -3.35. The van der Waals surface area contributed by atoms with Crippen LogP contribution in [-0.4, -0.2) is 37.2 Å². The fourth-order valence-corrected chi connectivity index (χ4v) is 3.02. The van der Waals surface area contributed by atoms with Crippen LogP contribution in [0.15, 0.2) is 60.7 Å². The Balaban J connectivity index is 2.10. The average Bonchev–Trinajstić information content (AvgIpc) is 2.81. The normalized spacial score (nSPS) is 13.4. The molecule has 2 aromatic carbocycles. The number of carbonyl (C=O) groups excluding carboxylic acids is 3. The molecule has 2 N–H and O–H groups in total. The van der Waals surface area contributed by atoms with Gasteiger partial charge in [0, 0.05) is 6.42 Å². The van der Waals surface area contributed by atoms with E-state index in [0.29, 0.717) is 6.42 Å². The lowest BCUT2D eigenvalue weighted by Crippen LogP contribution is -2.54. The van der Waals surface area contributed by atoms with E-state index in [0.717, 1.165) is 11.1 Å². The average molecular weight is 427 g/mol. The molecule has 0 unspecified atom stereocenters. The second-order valence-electron chi connectivity index (χ2n) is 7.34. The lowest BCUT2D eigenvalue weighted by atomic mass is 9.98. The number of nitrogens with one attached hydrogen (secondary N) is 2. The molecule has 0 bridgehead atoms. The van der Waals surface area contributed by atoms with Gasteiger partial charge in [0.05, 0.1) is 7.11 Å². The molecule has 31 heavy (non-hydrogen) atoms. The Kier molecular flexibility index (Phi) is 9.55. The molecule has 0 radical (unpaired) electrons. The van der Waals surface area contributed by atoms with Crippen molar-refractivity contribution in [2.24, 2.45) is 5.92 Å². The Morgan fingerprint density at radius 3 is 2.03 bits per heavy atom. The number of ether oxygens (including phenoxy) is 2. The number of alkyl carbamates (subject to hydrolysis) is 1. The minimum absolute atomic E-state index is 0.0873. The maximum absolute atomic E-state index is 13.0. The van der Waals surface area contributed by atoms with E-state index < -0.39 is 30.1 Å². The first-order chi connectivity index (χ1) is 14.9. The fourth-order valence-electron chi connectivity index (χ4n) is 3.02. The van der Waals surface area contributed by atoms with Crippen LogP contribution in [0.25, 0.3) is 0 Å². The van der Waals surface area contributed by atoms with Crippen molar-refractivity contribution in [3.8, 4) is 0 Å². The predicted octanol–water partition coefficient (Wildman–Crippen LogP) is 3.23. The molecular formula is C24H30N2O5. The standard InChI is InChI=1S/C24H30N2O5/c1-4-17(2)21(23(28)30-3)26-22(27)20(15-18-11-7-5-8-12-18)25-24(29)31-16-19-13-9-6-10-14-19/h5-14,17,20-21H,4,15-16H2,1-3H3,(H,25,29)(H,26,27)/t17-,20-,21+/m0/s1. The number of carbonyl (C=O) groups is 3. The molecule has 0 spiro atoms. The van der Waals surface area contributed by atoms with Crippen LogP contribution in [0.4, 0.5) is 4.79 Å². The molecule has 0 heterocycles. The summed E-state index contributed by atoms with van der Waals surface area (Å²) in [4.78, 5) is 37.6. The smallest absolute Gasteiger partial charge is 0.408 e. The topological polar surface area (TPSA) is 93.7 Å². The summed E-state index contributed by atoms with van der Waals surface area (Å²) in [5.41, 5.74) is 1.70. The number of esters is 1. The highest BCUT2D eigenvalue weighted by molar-refractivity contribution is 5.90. The van der Waals surface area contributed by atoms with Gasteiger partial charge in [-0.2, -0.15) is 0 Å². The van der Waals surface area contributed by atoms with Crippen molar-refractivity contribution in [2.75, 3.05) is 7.11 Å².